The maximum atomic E-state index is 8.98. The summed E-state index contributed by atoms with van der Waals surface area (Å²) in [6.45, 7) is 6.42. The predicted molar refractivity (Wildman–Crippen MR) is 41.2 cm³/mol. The summed E-state index contributed by atoms with van der Waals surface area (Å²) in [5, 5.41) is 17.4. The van der Waals surface area contributed by atoms with E-state index < -0.39 is 14.2 Å². The summed E-state index contributed by atoms with van der Waals surface area (Å²) >= 11 is 0. The van der Waals surface area contributed by atoms with E-state index in [4.69, 9.17) is 10.2 Å². The number of hydrogen-bond donors (Lipinski definition) is 2. The average Bonchev–Trinajstić information content (AvgIpc) is 1.62. The first-order valence-corrected chi connectivity index (χ1v) is 6.95. The maximum Gasteiger partial charge on any atom is 0.0747 e. The molecule has 2 nitrogen and oxygen atoms in total. The third kappa shape index (κ3) is 6.02. The summed E-state index contributed by atoms with van der Waals surface area (Å²) in [4.78, 5) is 0. The van der Waals surface area contributed by atoms with E-state index in [1.165, 1.54) is 0 Å². The van der Waals surface area contributed by atoms with Crippen LogP contribution >= 0.6 is 0 Å². The molecule has 9 heavy (non-hydrogen) atoms. The topological polar surface area (TPSA) is 40.5 Å². The van der Waals surface area contributed by atoms with E-state index in [0.717, 1.165) is 6.04 Å². The lowest BCUT2D eigenvalue weighted by molar-refractivity contribution is 0.109. The van der Waals surface area contributed by atoms with E-state index >= 15 is 0 Å². The molecule has 0 aromatic heterocycles. The first-order valence-electron chi connectivity index (χ1n) is 3.24. The zero-order valence-electron chi connectivity index (χ0n) is 6.39. The summed E-state index contributed by atoms with van der Waals surface area (Å²) in [6, 6.07) is 0.795. The van der Waals surface area contributed by atoms with E-state index in [-0.39, 0.29) is 6.61 Å². The van der Waals surface area contributed by atoms with Gasteiger partial charge in [0.15, 0.2) is 0 Å². The second-order valence-corrected chi connectivity index (χ2v) is 9.13. The lowest BCUT2D eigenvalue weighted by atomic mass is 10.4. The van der Waals surface area contributed by atoms with Crippen LogP contribution in [0, 0.1) is 0 Å². The molecule has 3 heteroatoms. The Morgan fingerprint density at radius 1 is 1.33 bits per heavy atom. The van der Waals surface area contributed by atoms with Gasteiger partial charge in [-0.1, -0.05) is 19.6 Å². The van der Waals surface area contributed by atoms with Gasteiger partial charge in [0.05, 0.1) is 12.7 Å². The highest BCUT2D eigenvalue weighted by Crippen LogP contribution is 2.10. The Labute approximate surface area is 57.5 Å². The Kier molecular flexibility index (Phi) is 3.39. The van der Waals surface area contributed by atoms with E-state index in [9.17, 15) is 0 Å². The zero-order chi connectivity index (χ0) is 7.49. The molecule has 0 aliphatic heterocycles. The van der Waals surface area contributed by atoms with Crippen LogP contribution < -0.4 is 0 Å². The molecule has 0 spiro atoms. The van der Waals surface area contributed by atoms with Gasteiger partial charge in [0.1, 0.15) is 0 Å². The van der Waals surface area contributed by atoms with Crippen LogP contribution in [-0.2, 0) is 0 Å². The molecule has 0 fully saturated rings. The first kappa shape index (κ1) is 9.14. The van der Waals surface area contributed by atoms with E-state index in [1.807, 2.05) is 0 Å². The van der Waals surface area contributed by atoms with Crippen LogP contribution in [0.4, 0.5) is 0 Å². The van der Waals surface area contributed by atoms with Gasteiger partial charge in [-0.15, -0.1) is 0 Å². The molecule has 0 unspecified atom stereocenters. The van der Waals surface area contributed by atoms with Crippen LogP contribution in [-0.4, -0.2) is 31.0 Å². The minimum Gasteiger partial charge on any atom is -0.394 e. The molecule has 2 N–H and O–H groups in total. The van der Waals surface area contributed by atoms with Crippen molar-refractivity contribution in [2.24, 2.45) is 0 Å². The van der Waals surface area contributed by atoms with Crippen molar-refractivity contribution in [2.45, 2.75) is 31.8 Å². The van der Waals surface area contributed by atoms with Crippen molar-refractivity contribution in [3.05, 3.63) is 0 Å². The molecule has 0 saturated heterocycles. The highest BCUT2D eigenvalue weighted by atomic mass is 28.3. The Hall–Kier alpha value is 0.137. The third-order valence-corrected chi connectivity index (χ3v) is 2.75. The Morgan fingerprint density at radius 2 is 1.78 bits per heavy atom. The molecular weight excluding hydrogens is 132 g/mol. The van der Waals surface area contributed by atoms with E-state index in [1.54, 1.807) is 0 Å². The summed E-state index contributed by atoms with van der Waals surface area (Å²) in [5.74, 6) is 0. The molecule has 0 aromatic rings. The number of aliphatic hydroxyl groups excluding tert-OH is 2. The third-order valence-electron chi connectivity index (χ3n) is 1.06. The highest BCUT2D eigenvalue weighted by molar-refractivity contribution is 6.76. The van der Waals surface area contributed by atoms with Gasteiger partial charge in [0.25, 0.3) is 0 Å². The van der Waals surface area contributed by atoms with Crippen LogP contribution in [0.15, 0.2) is 0 Å². The van der Waals surface area contributed by atoms with Crippen molar-refractivity contribution >= 4 is 8.07 Å². The van der Waals surface area contributed by atoms with Gasteiger partial charge in [-0.25, -0.2) is 0 Å². The zero-order valence-corrected chi connectivity index (χ0v) is 7.39. The van der Waals surface area contributed by atoms with Gasteiger partial charge in [0, 0.05) is 8.07 Å². The van der Waals surface area contributed by atoms with Crippen LogP contribution in [0.25, 0.3) is 0 Å². The molecule has 0 aliphatic carbocycles. The molecule has 0 amide bonds. The largest absolute Gasteiger partial charge is 0.394 e. The monoisotopic (exact) mass is 148 g/mol. The van der Waals surface area contributed by atoms with Crippen molar-refractivity contribution in [3.63, 3.8) is 0 Å². The van der Waals surface area contributed by atoms with Crippen molar-refractivity contribution < 1.29 is 10.2 Å². The maximum absolute atomic E-state index is 8.98. The van der Waals surface area contributed by atoms with Gasteiger partial charge >= 0.3 is 0 Å². The standard InChI is InChI=1S/C6H16O2Si/c1-9(2,3)5-6(8)4-7/h6-8H,4-5H2,1-3H3/t6-/m1/s1. The van der Waals surface area contributed by atoms with Crippen molar-refractivity contribution in [2.75, 3.05) is 6.61 Å². The molecule has 0 radical (unpaired) electrons. The average molecular weight is 148 g/mol. The van der Waals surface area contributed by atoms with Crippen LogP contribution in [0.3, 0.4) is 0 Å². The van der Waals surface area contributed by atoms with E-state index in [2.05, 4.69) is 19.6 Å². The molecule has 0 saturated carbocycles. The fourth-order valence-electron chi connectivity index (χ4n) is 0.771. The second kappa shape index (κ2) is 3.34. The number of aliphatic hydroxyl groups is 2. The molecule has 0 aliphatic rings. The highest BCUT2D eigenvalue weighted by Gasteiger charge is 2.17. The lowest BCUT2D eigenvalue weighted by Crippen LogP contribution is -2.28. The Balaban J connectivity index is 3.47. The summed E-state index contributed by atoms with van der Waals surface area (Å²) in [7, 11) is -1.15. The Morgan fingerprint density at radius 3 is 1.89 bits per heavy atom. The second-order valence-electron chi connectivity index (χ2n) is 3.60. The van der Waals surface area contributed by atoms with Crippen molar-refractivity contribution in [3.8, 4) is 0 Å². The minimum atomic E-state index is -1.15. The summed E-state index contributed by atoms with van der Waals surface area (Å²) < 4.78 is 0. The molecule has 0 aromatic carbocycles. The van der Waals surface area contributed by atoms with Crippen LogP contribution in [0.5, 0.6) is 0 Å². The summed E-state index contributed by atoms with van der Waals surface area (Å²) in [6.07, 6.45) is -0.489. The Bertz CT molecular complexity index is 77.6. The van der Waals surface area contributed by atoms with Crippen molar-refractivity contribution in [1.29, 1.82) is 0 Å². The molecule has 0 bridgehead atoms. The van der Waals surface area contributed by atoms with Crippen molar-refractivity contribution in [1.82, 2.24) is 0 Å². The number of hydrogen-bond acceptors (Lipinski definition) is 2. The molecule has 56 valence electrons. The van der Waals surface area contributed by atoms with Gasteiger partial charge in [-0.2, -0.15) is 0 Å². The van der Waals surface area contributed by atoms with Gasteiger partial charge < -0.3 is 10.2 Å². The van der Waals surface area contributed by atoms with Gasteiger partial charge in [-0.3, -0.25) is 0 Å². The fraction of sp³-hybridized carbons (Fsp3) is 1.00. The summed E-state index contributed by atoms with van der Waals surface area (Å²) in [5.41, 5.74) is 0. The lowest BCUT2D eigenvalue weighted by Gasteiger charge is -2.18. The fourth-order valence-corrected chi connectivity index (χ4v) is 2.31. The molecule has 1 atom stereocenters. The first-order chi connectivity index (χ1) is 3.95. The van der Waals surface area contributed by atoms with Gasteiger partial charge in [-0.05, 0) is 6.04 Å². The van der Waals surface area contributed by atoms with E-state index in [0.29, 0.717) is 0 Å². The number of rotatable bonds is 3. The predicted octanol–water partition coefficient (Wildman–Crippen LogP) is 0.678. The minimum absolute atomic E-state index is 0.0930. The molecule has 0 heterocycles. The van der Waals surface area contributed by atoms with Crippen LogP contribution in [0.1, 0.15) is 0 Å². The smallest absolute Gasteiger partial charge is 0.0747 e. The van der Waals surface area contributed by atoms with Gasteiger partial charge in [0.2, 0.25) is 0 Å². The quantitative estimate of drug-likeness (QED) is 0.578. The normalized spacial score (nSPS) is 15.7. The van der Waals surface area contributed by atoms with Crippen LogP contribution in [0.2, 0.25) is 25.7 Å². The molecular formula is C6H16O2Si. The SMILES string of the molecule is C[Si](C)(C)C[C@H](O)CO. The molecule has 0 rings (SSSR count).